The number of carbonyl (C=O) groups is 2. The zero-order chi connectivity index (χ0) is 12.0. The van der Waals surface area contributed by atoms with E-state index in [1.807, 2.05) is 24.3 Å². The van der Waals surface area contributed by atoms with Gasteiger partial charge in [-0.2, -0.15) is 0 Å². The number of carboxylic acids is 2. The maximum absolute atomic E-state index is 10.6. The first kappa shape index (κ1) is 12.4. The molecule has 0 heterocycles. The standard InChI is InChI=1S/C11H15NO4/c13-10(14)7-12(8-11(15)16)6-9-4-2-1-3-5-9/h1-4,9H,5-8H2,(H,13,14)(H,15,16). The van der Waals surface area contributed by atoms with Crippen molar-refractivity contribution in [3.05, 3.63) is 24.3 Å². The van der Waals surface area contributed by atoms with Crippen molar-refractivity contribution < 1.29 is 19.8 Å². The fraction of sp³-hybridized carbons (Fsp3) is 0.455. The molecule has 1 atom stereocenters. The average Bonchev–Trinajstić information content (AvgIpc) is 2.16. The Morgan fingerprint density at radius 3 is 2.25 bits per heavy atom. The maximum Gasteiger partial charge on any atom is 0.317 e. The zero-order valence-corrected chi connectivity index (χ0v) is 8.87. The largest absolute Gasteiger partial charge is 0.480 e. The van der Waals surface area contributed by atoms with Crippen molar-refractivity contribution in [2.24, 2.45) is 5.92 Å². The zero-order valence-electron chi connectivity index (χ0n) is 8.87. The number of hydrogen-bond donors (Lipinski definition) is 2. The van der Waals surface area contributed by atoms with Crippen LogP contribution in [0.5, 0.6) is 0 Å². The van der Waals surface area contributed by atoms with Gasteiger partial charge in [-0.15, -0.1) is 0 Å². The van der Waals surface area contributed by atoms with E-state index in [-0.39, 0.29) is 19.0 Å². The van der Waals surface area contributed by atoms with Gasteiger partial charge >= 0.3 is 11.9 Å². The van der Waals surface area contributed by atoms with Gasteiger partial charge in [-0.1, -0.05) is 24.3 Å². The highest BCUT2D eigenvalue weighted by Gasteiger charge is 2.17. The van der Waals surface area contributed by atoms with Crippen LogP contribution in [0.1, 0.15) is 6.42 Å². The van der Waals surface area contributed by atoms with Crippen LogP contribution in [0, 0.1) is 5.92 Å². The molecule has 0 aromatic heterocycles. The molecule has 5 heteroatoms. The molecule has 0 saturated carbocycles. The number of hydrogen-bond acceptors (Lipinski definition) is 3. The van der Waals surface area contributed by atoms with E-state index in [9.17, 15) is 9.59 Å². The van der Waals surface area contributed by atoms with Gasteiger partial charge in [0.05, 0.1) is 13.1 Å². The van der Waals surface area contributed by atoms with Gasteiger partial charge in [-0.05, 0) is 12.3 Å². The summed E-state index contributed by atoms with van der Waals surface area (Å²) in [5.74, 6) is -1.81. The third-order valence-electron chi connectivity index (χ3n) is 2.28. The first-order chi connectivity index (χ1) is 7.58. The lowest BCUT2D eigenvalue weighted by molar-refractivity contribution is -0.141. The third-order valence-corrected chi connectivity index (χ3v) is 2.28. The quantitative estimate of drug-likeness (QED) is 0.691. The molecule has 1 unspecified atom stereocenters. The molecular weight excluding hydrogens is 210 g/mol. The minimum Gasteiger partial charge on any atom is -0.480 e. The summed E-state index contributed by atoms with van der Waals surface area (Å²) in [5.41, 5.74) is 0. The van der Waals surface area contributed by atoms with Gasteiger partial charge in [0, 0.05) is 6.54 Å². The lowest BCUT2D eigenvalue weighted by Gasteiger charge is -2.23. The van der Waals surface area contributed by atoms with Crippen LogP contribution in [0.4, 0.5) is 0 Å². The Bertz CT molecular complexity index is 306. The van der Waals surface area contributed by atoms with E-state index in [2.05, 4.69) is 0 Å². The van der Waals surface area contributed by atoms with Gasteiger partial charge in [0.15, 0.2) is 0 Å². The lowest BCUT2D eigenvalue weighted by Crippen LogP contribution is -2.37. The molecule has 0 aliphatic heterocycles. The number of allylic oxidation sites excluding steroid dienone is 3. The van der Waals surface area contributed by atoms with E-state index in [4.69, 9.17) is 10.2 Å². The van der Waals surface area contributed by atoms with Crippen LogP contribution < -0.4 is 0 Å². The summed E-state index contributed by atoms with van der Waals surface area (Å²) in [5, 5.41) is 17.3. The number of carboxylic acid groups (broad SMARTS) is 2. The van der Waals surface area contributed by atoms with Gasteiger partial charge in [0.2, 0.25) is 0 Å². The molecule has 88 valence electrons. The van der Waals surface area contributed by atoms with Crippen molar-refractivity contribution >= 4 is 11.9 Å². The number of aliphatic carboxylic acids is 2. The van der Waals surface area contributed by atoms with E-state index in [0.29, 0.717) is 6.54 Å². The highest BCUT2D eigenvalue weighted by Crippen LogP contribution is 2.12. The van der Waals surface area contributed by atoms with Crippen LogP contribution in [0.3, 0.4) is 0 Å². The van der Waals surface area contributed by atoms with E-state index >= 15 is 0 Å². The Balaban J connectivity index is 2.48. The smallest absolute Gasteiger partial charge is 0.317 e. The lowest BCUT2D eigenvalue weighted by atomic mass is 10.0. The summed E-state index contributed by atoms with van der Waals surface area (Å²) in [6.45, 7) is -0.0137. The van der Waals surface area contributed by atoms with Crippen molar-refractivity contribution in [2.75, 3.05) is 19.6 Å². The molecule has 0 fully saturated rings. The Morgan fingerprint density at radius 1 is 1.19 bits per heavy atom. The predicted octanol–water partition coefficient (Wildman–Crippen LogP) is 0.590. The summed E-state index contributed by atoms with van der Waals surface area (Å²) in [6.07, 6.45) is 8.61. The van der Waals surface area contributed by atoms with Gasteiger partial charge in [-0.25, -0.2) is 0 Å². The predicted molar refractivity (Wildman–Crippen MR) is 58.1 cm³/mol. The molecule has 2 N–H and O–H groups in total. The fourth-order valence-electron chi connectivity index (χ4n) is 1.67. The van der Waals surface area contributed by atoms with Crippen molar-refractivity contribution in [1.82, 2.24) is 4.90 Å². The molecule has 0 amide bonds. The van der Waals surface area contributed by atoms with Gasteiger partial charge < -0.3 is 10.2 Å². The normalized spacial score (nSPS) is 18.9. The van der Waals surface area contributed by atoms with Crippen LogP contribution in [0.2, 0.25) is 0 Å². The van der Waals surface area contributed by atoms with Crippen LogP contribution in [-0.2, 0) is 9.59 Å². The summed E-state index contributed by atoms with van der Waals surface area (Å²) in [6, 6.07) is 0. The Kier molecular flexibility index (Phi) is 4.72. The molecule has 0 bridgehead atoms. The molecule has 0 saturated heterocycles. The second-order valence-electron chi connectivity index (χ2n) is 3.77. The first-order valence-electron chi connectivity index (χ1n) is 5.07. The minimum absolute atomic E-state index is 0.198. The Labute approximate surface area is 93.7 Å². The molecule has 1 rings (SSSR count). The van der Waals surface area contributed by atoms with E-state index in [1.54, 1.807) is 0 Å². The number of nitrogens with zero attached hydrogens (tertiary/aromatic N) is 1. The summed E-state index contributed by atoms with van der Waals surface area (Å²) in [4.78, 5) is 22.6. The average molecular weight is 225 g/mol. The van der Waals surface area contributed by atoms with Crippen molar-refractivity contribution in [3.8, 4) is 0 Å². The van der Waals surface area contributed by atoms with E-state index in [1.165, 1.54) is 4.90 Å². The third kappa shape index (κ3) is 4.75. The highest BCUT2D eigenvalue weighted by molar-refractivity contribution is 5.72. The molecule has 16 heavy (non-hydrogen) atoms. The van der Waals surface area contributed by atoms with Crippen LogP contribution in [-0.4, -0.2) is 46.7 Å². The summed E-state index contributed by atoms with van der Waals surface area (Å²) in [7, 11) is 0. The van der Waals surface area contributed by atoms with Crippen LogP contribution >= 0.6 is 0 Å². The van der Waals surface area contributed by atoms with Crippen molar-refractivity contribution in [2.45, 2.75) is 6.42 Å². The maximum atomic E-state index is 10.6. The fourth-order valence-corrected chi connectivity index (χ4v) is 1.67. The molecule has 1 aliphatic rings. The molecular formula is C11H15NO4. The first-order valence-corrected chi connectivity index (χ1v) is 5.07. The SMILES string of the molecule is O=C(O)CN(CC(=O)O)CC1C=CC=CC1. The monoisotopic (exact) mass is 225 g/mol. The highest BCUT2D eigenvalue weighted by atomic mass is 16.4. The van der Waals surface area contributed by atoms with Crippen LogP contribution in [0.15, 0.2) is 24.3 Å². The van der Waals surface area contributed by atoms with Crippen molar-refractivity contribution in [3.63, 3.8) is 0 Å². The Hall–Kier alpha value is -1.62. The van der Waals surface area contributed by atoms with E-state index < -0.39 is 11.9 Å². The van der Waals surface area contributed by atoms with Crippen LogP contribution in [0.25, 0.3) is 0 Å². The van der Waals surface area contributed by atoms with E-state index in [0.717, 1.165) is 6.42 Å². The van der Waals surface area contributed by atoms with Gasteiger partial charge in [0.1, 0.15) is 0 Å². The molecule has 0 spiro atoms. The number of rotatable bonds is 6. The topological polar surface area (TPSA) is 77.8 Å². The Morgan fingerprint density at radius 2 is 1.81 bits per heavy atom. The second-order valence-corrected chi connectivity index (χ2v) is 3.77. The molecule has 0 aromatic carbocycles. The second kappa shape index (κ2) is 6.07. The summed E-state index contributed by atoms with van der Waals surface area (Å²) >= 11 is 0. The molecule has 5 nitrogen and oxygen atoms in total. The minimum atomic E-state index is -1.00. The molecule has 1 aliphatic carbocycles. The summed E-state index contributed by atoms with van der Waals surface area (Å²) < 4.78 is 0. The molecule has 0 radical (unpaired) electrons. The molecule has 0 aromatic rings. The van der Waals surface area contributed by atoms with Gasteiger partial charge in [-0.3, -0.25) is 14.5 Å². The van der Waals surface area contributed by atoms with Gasteiger partial charge in [0.25, 0.3) is 0 Å². The van der Waals surface area contributed by atoms with Crippen molar-refractivity contribution in [1.29, 1.82) is 0 Å².